The van der Waals surface area contributed by atoms with E-state index in [4.69, 9.17) is 6.42 Å². The summed E-state index contributed by atoms with van der Waals surface area (Å²) in [6.45, 7) is -0.295. The van der Waals surface area contributed by atoms with Gasteiger partial charge >= 0.3 is 10.4 Å². The highest BCUT2D eigenvalue weighted by Crippen LogP contribution is 1.90. The van der Waals surface area contributed by atoms with E-state index < -0.39 is 10.4 Å². The maximum absolute atomic E-state index is 10.2. The molecule has 0 fully saturated rings. The maximum atomic E-state index is 10.2. The number of hydrogen-bond donors (Lipinski definition) is 0. The Kier molecular flexibility index (Phi) is 3.24. The van der Waals surface area contributed by atoms with E-state index in [1.165, 1.54) is 0 Å². The van der Waals surface area contributed by atoms with E-state index in [0.717, 1.165) is 7.11 Å². The van der Waals surface area contributed by atoms with Gasteiger partial charge in [0.25, 0.3) is 0 Å². The van der Waals surface area contributed by atoms with E-state index in [9.17, 15) is 8.42 Å². The first-order valence-electron chi connectivity index (χ1n) is 2.01. The van der Waals surface area contributed by atoms with Gasteiger partial charge in [-0.2, -0.15) is 8.42 Å². The fourth-order valence-corrected chi connectivity index (χ4v) is 0.463. The van der Waals surface area contributed by atoms with E-state index in [-0.39, 0.29) is 6.61 Å². The average molecular weight is 150 g/mol. The Bertz CT molecular complexity index is 197. The Hall–Kier alpha value is -0.570. The lowest BCUT2D eigenvalue weighted by atomic mass is 10.8. The number of hydrogen-bond acceptors (Lipinski definition) is 4. The van der Waals surface area contributed by atoms with Crippen molar-refractivity contribution in [3.05, 3.63) is 0 Å². The Morgan fingerprint density at radius 2 is 2.22 bits per heavy atom. The highest BCUT2D eigenvalue weighted by Gasteiger charge is 2.05. The molecule has 0 saturated heterocycles. The first-order valence-corrected chi connectivity index (χ1v) is 3.34. The zero-order chi connectivity index (χ0) is 7.33. The molecule has 0 unspecified atom stereocenters. The average Bonchev–Trinajstić information content (AvgIpc) is 1.84. The number of terminal acetylenes is 1. The smallest absolute Gasteiger partial charge is 0.252 e. The molecule has 0 aromatic rings. The molecule has 4 nitrogen and oxygen atoms in total. The van der Waals surface area contributed by atoms with Gasteiger partial charge in [-0.15, -0.1) is 6.42 Å². The fourth-order valence-electron chi connectivity index (χ4n) is 0.154. The lowest BCUT2D eigenvalue weighted by molar-refractivity contribution is 0.268. The van der Waals surface area contributed by atoms with Gasteiger partial charge in [-0.05, 0) is 0 Å². The van der Waals surface area contributed by atoms with Crippen LogP contribution in [0.15, 0.2) is 0 Å². The van der Waals surface area contributed by atoms with Crippen LogP contribution >= 0.6 is 0 Å². The summed E-state index contributed by atoms with van der Waals surface area (Å²) in [5.41, 5.74) is 0. The Labute approximate surface area is 54.1 Å². The van der Waals surface area contributed by atoms with Crippen LogP contribution < -0.4 is 0 Å². The van der Waals surface area contributed by atoms with E-state index in [0.29, 0.717) is 0 Å². The van der Waals surface area contributed by atoms with E-state index in [2.05, 4.69) is 8.37 Å². The largest absolute Gasteiger partial charge is 0.400 e. The van der Waals surface area contributed by atoms with Gasteiger partial charge in [0, 0.05) is 0 Å². The SMILES string of the molecule is C#CCOS(=O)(=O)OC. The second kappa shape index (κ2) is 3.45. The Balaban J connectivity index is 3.78. The van der Waals surface area contributed by atoms with Gasteiger partial charge < -0.3 is 0 Å². The first-order chi connectivity index (χ1) is 4.12. The molecule has 0 spiro atoms. The van der Waals surface area contributed by atoms with E-state index in [1.54, 1.807) is 0 Å². The van der Waals surface area contributed by atoms with Crippen LogP contribution in [0.4, 0.5) is 0 Å². The van der Waals surface area contributed by atoms with Gasteiger partial charge in [-0.25, -0.2) is 4.18 Å². The quantitative estimate of drug-likeness (QED) is 0.510. The standard InChI is InChI=1S/C4H6O4S/c1-3-4-8-9(5,6)7-2/h1H,4H2,2H3. The molecule has 0 aromatic carbocycles. The highest BCUT2D eigenvalue weighted by atomic mass is 32.3. The molecule has 52 valence electrons. The normalized spacial score (nSPS) is 10.7. The molecular formula is C4H6O4S. The molecule has 0 N–H and O–H groups in total. The zero-order valence-corrected chi connectivity index (χ0v) is 5.64. The monoisotopic (exact) mass is 150 g/mol. The van der Waals surface area contributed by atoms with Crippen LogP contribution in [0.3, 0.4) is 0 Å². The molecule has 0 rings (SSSR count). The first kappa shape index (κ1) is 8.43. The fraction of sp³-hybridized carbons (Fsp3) is 0.500. The van der Waals surface area contributed by atoms with Gasteiger partial charge in [0.05, 0.1) is 7.11 Å². The van der Waals surface area contributed by atoms with Crippen LogP contribution in [-0.4, -0.2) is 22.1 Å². The second-order valence-corrected chi connectivity index (χ2v) is 2.43. The molecule has 0 aliphatic heterocycles. The second-order valence-electron chi connectivity index (χ2n) is 1.04. The summed E-state index contributed by atoms with van der Waals surface area (Å²) >= 11 is 0. The van der Waals surface area contributed by atoms with Crippen molar-refractivity contribution in [2.24, 2.45) is 0 Å². The van der Waals surface area contributed by atoms with Crippen molar-refractivity contribution in [3.8, 4) is 12.3 Å². The molecule has 0 bridgehead atoms. The molecule has 0 aliphatic carbocycles. The molecule has 0 saturated carbocycles. The molecule has 0 amide bonds. The Morgan fingerprint density at radius 1 is 1.67 bits per heavy atom. The molecule has 0 aromatic heterocycles. The van der Waals surface area contributed by atoms with Crippen LogP contribution in [-0.2, 0) is 18.8 Å². The lowest BCUT2D eigenvalue weighted by Gasteiger charge is -1.95. The molecule has 5 heteroatoms. The summed E-state index contributed by atoms with van der Waals surface area (Å²) in [5, 5.41) is 0. The summed E-state index contributed by atoms with van der Waals surface area (Å²) in [6, 6.07) is 0. The summed E-state index contributed by atoms with van der Waals surface area (Å²) in [4.78, 5) is 0. The zero-order valence-electron chi connectivity index (χ0n) is 4.83. The molecule has 0 atom stereocenters. The minimum Gasteiger partial charge on any atom is -0.252 e. The Morgan fingerprint density at radius 3 is 2.56 bits per heavy atom. The van der Waals surface area contributed by atoms with E-state index in [1.807, 2.05) is 5.92 Å². The summed E-state index contributed by atoms with van der Waals surface area (Å²) in [6.07, 6.45) is 4.70. The van der Waals surface area contributed by atoms with Gasteiger partial charge in [-0.3, -0.25) is 4.18 Å². The molecular weight excluding hydrogens is 144 g/mol. The predicted molar refractivity (Wildman–Crippen MR) is 30.7 cm³/mol. The van der Waals surface area contributed by atoms with Crippen molar-refractivity contribution in [1.82, 2.24) is 0 Å². The van der Waals surface area contributed by atoms with Crippen molar-refractivity contribution in [2.75, 3.05) is 13.7 Å². The molecule has 0 heterocycles. The highest BCUT2D eigenvalue weighted by molar-refractivity contribution is 7.81. The van der Waals surface area contributed by atoms with Crippen LogP contribution in [0, 0.1) is 12.3 Å². The summed E-state index contributed by atoms with van der Waals surface area (Å²) in [7, 11) is -2.83. The van der Waals surface area contributed by atoms with Crippen LogP contribution in [0.5, 0.6) is 0 Å². The van der Waals surface area contributed by atoms with Crippen molar-refractivity contribution in [2.45, 2.75) is 0 Å². The van der Waals surface area contributed by atoms with Gasteiger partial charge in [0.2, 0.25) is 0 Å². The minimum atomic E-state index is -3.82. The summed E-state index contributed by atoms with van der Waals surface area (Å²) < 4.78 is 28.4. The van der Waals surface area contributed by atoms with Crippen molar-refractivity contribution in [1.29, 1.82) is 0 Å². The van der Waals surface area contributed by atoms with Gasteiger partial charge in [-0.1, -0.05) is 5.92 Å². The van der Waals surface area contributed by atoms with Crippen molar-refractivity contribution in [3.63, 3.8) is 0 Å². The third-order valence-corrected chi connectivity index (χ3v) is 1.31. The van der Waals surface area contributed by atoms with Crippen LogP contribution in [0.2, 0.25) is 0 Å². The molecule has 0 radical (unpaired) electrons. The van der Waals surface area contributed by atoms with E-state index >= 15 is 0 Å². The maximum Gasteiger partial charge on any atom is 0.400 e. The lowest BCUT2D eigenvalue weighted by Crippen LogP contribution is -2.06. The third kappa shape index (κ3) is 3.97. The summed E-state index contributed by atoms with van der Waals surface area (Å²) in [5.74, 6) is 1.98. The molecule has 9 heavy (non-hydrogen) atoms. The third-order valence-electron chi connectivity index (χ3n) is 0.491. The van der Waals surface area contributed by atoms with Crippen molar-refractivity contribution < 1.29 is 16.8 Å². The predicted octanol–water partition coefficient (Wildman–Crippen LogP) is -0.473. The number of rotatable bonds is 3. The van der Waals surface area contributed by atoms with Crippen LogP contribution in [0.1, 0.15) is 0 Å². The van der Waals surface area contributed by atoms with Gasteiger partial charge in [0.1, 0.15) is 6.61 Å². The van der Waals surface area contributed by atoms with Crippen molar-refractivity contribution >= 4 is 10.4 Å². The topological polar surface area (TPSA) is 52.6 Å². The van der Waals surface area contributed by atoms with Crippen LogP contribution in [0.25, 0.3) is 0 Å². The molecule has 0 aliphatic rings. The minimum absolute atomic E-state index is 0.295. The van der Waals surface area contributed by atoms with Gasteiger partial charge in [0.15, 0.2) is 0 Å².